The minimum Gasteiger partial charge on any atom is -0.355 e. The summed E-state index contributed by atoms with van der Waals surface area (Å²) < 4.78 is 0.993. The predicted molar refractivity (Wildman–Crippen MR) is 57.7 cm³/mol. The van der Waals surface area contributed by atoms with Gasteiger partial charge in [0.25, 0.3) is 5.69 Å². The molecule has 1 N–H and O–H groups in total. The van der Waals surface area contributed by atoms with E-state index in [9.17, 15) is 10.1 Å². The molecule has 2 rings (SSSR count). The van der Waals surface area contributed by atoms with Crippen LogP contribution >= 0.6 is 22.6 Å². The zero-order valence-electron chi connectivity index (χ0n) is 6.45. The molecule has 0 aliphatic carbocycles. The monoisotopic (exact) mass is 288 g/mol. The van der Waals surface area contributed by atoms with Gasteiger partial charge in [0.2, 0.25) is 0 Å². The largest absolute Gasteiger partial charge is 0.355 e. The van der Waals surface area contributed by atoms with Crippen LogP contribution in [-0.4, -0.2) is 9.91 Å². The molecular formula is C8H5IN2O2. The maximum absolute atomic E-state index is 10.6. The molecule has 1 aromatic carbocycles. The first kappa shape index (κ1) is 8.49. The van der Waals surface area contributed by atoms with E-state index >= 15 is 0 Å². The molecule has 13 heavy (non-hydrogen) atoms. The third-order valence-electron chi connectivity index (χ3n) is 1.82. The molecule has 0 amide bonds. The van der Waals surface area contributed by atoms with E-state index in [1.165, 1.54) is 6.20 Å². The molecule has 0 aliphatic heterocycles. The van der Waals surface area contributed by atoms with Crippen LogP contribution < -0.4 is 0 Å². The normalized spacial score (nSPS) is 10.5. The minimum absolute atomic E-state index is 0.133. The lowest BCUT2D eigenvalue weighted by Gasteiger charge is -1.90. The van der Waals surface area contributed by atoms with Crippen molar-refractivity contribution in [3.63, 3.8) is 0 Å². The molecule has 0 unspecified atom stereocenters. The van der Waals surface area contributed by atoms with Gasteiger partial charge in [0.1, 0.15) is 0 Å². The molecule has 1 heterocycles. The molecule has 0 saturated heterocycles. The van der Waals surface area contributed by atoms with E-state index in [1.807, 2.05) is 12.1 Å². The standard InChI is InChI=1S/C8H5IN2O2/c9-5-1-2-7-6(3-5)8(4-10-7)11(12)13/h1-4,10H. The van der Waals surface area contributed by atoms with Gasteiger partial charge in [0.05, 0.1) is 22.0 Å². The van der Waals surface area contributed by atoms with Crippen LogP contribution in [0.3, 0.4) is 0 Å². The Labute approximate surface area is 87.2 Å². The average Bonchev–Trinajstić information content (AvgIpc) is 2.46. The van der Waals surface area contributed by atoms with Crippen molar-refractivity contribution in [2.45, 2.75) is 0 Å². The Balaban J connectivity index is 2.79. The molecule has 0 spiro atoms. The van der Waals surface area contributed by atoms with Crippen LogP contribution in [0.4, 0.5) is 5.69 Å². The number of hydrogen-bond donors (Lipinski definition) is 1. The molecule has 0 saturated carbocycles. The van der Waals surface area contributed by atoms with Crippen LogP contribution in [0.1, 0.15) is 0 Å². The molecule has 1 aromatic heterocycles. The van der Waals surface area contributed by atoms with Crippen LogP contribution in [0.15, 0.2) is 24.4 Å². The third-order valence-corrected chi connectivity index (χ3v) is 2.49. The van der Waals surface area contributed by atoms with Crippen molar-refractivity contribution < 1.29 is 4.92 Å². The van der Waals surface area contributed by atoms with Gasteiger partial charge in [0.15, 0.2) is 0 Å². The second-order valence-corrected chi connectivity index (χ2v) is 3.87. The zero-order valence-corrected chi connectivity index (χ0v) is 8.61. The summed E-state index contributed by atoms with van der Waals surface area (Å²) in [5, 5.41) is 11.2. The molecule has 0 bridgehead atoms. The number of fused-ring (bicyclic) bond motifs is 1. The van der Waals surface area contributed by atoms with Crippen LogP contribution in [0, 0.1) is 13.7 Å². The Kier molecular flexibility index (Phi) is 1.95. The Morgan fingerprint density at radius 1 is 1.46 bits per heavy atom. The van der Waals surface area contributed by atoms with Gasteiger partial charge in [-0.05, 0) is 40.8 Å². The van der Waals surface area contributed by atoms with Crippen molar-refractivity contribution in [2.75, 3.05) is 0 Å². The molecule has 0 aliphatic rings. The Morgan fingerprint density at radius 3 is 2.92 bits per heavy atom. The molecule has 0 radical (unpaired) electrons. The highest BCUT2D eigenvalue weighted by Crippen LogP contribution is 2.26. The van der Waals surface area contributed by atoms with E-state index in [2.05, 4.69) is 27.6 Å². The second-order valence-electron chi connectivity index (χ2n) is 2.62. The number of nitro groups is 1. The number of hydrogen-bond acceptors (Lipinski definition) is 2. The van der Waals surface area contributed by atoms with Crippen molar-refractivity contribution >= 4 is 39.2 Å². The molecular weight excluding hydrogens is 283 g/mol. The molecule has 66 valence electrons. The number of rotatable bonds is 1. The number of aromatic amines is 1. The van der Waals surface area contributed by atoms with Gasteiger partial charge in [-0.3, -0.25) is 10.1 Å². The smallest absolute Gasteiger partial charge is 0.294 e. The van der Waals surface area contributed by atoms with Crippen molar-refractivity contribution in [3.05, 3.63) is 38.1 Å². The fourth-order valence-electron chi connectivity index (χ4n) is 1.23. The summed E-state index contributed by atoms with van der Waals surface area (Å²) in [5.41, 5.74) is 0.931. The average molecular weight is 288 g/mol. The fourth-order valence-corrected chi connectivity index (χ4v) is 1.72. The van der Waals surface area contributed by atoms with Crippen molar-refractivity contribution in [1.29, 1.82) is 0 Å². The van der Waals surface area contributed by atoms with Crippen LogP contribution in [0.25, 0.3) is 10.9 Å². The quantitative estimate of drug-likeness (QED) is 0.498. The minimum atomic E-state index is -0.380. The summed E-state index contributed by atoms with van der Waals surface area (Å²) in [6.45, 7) is 0. The first-order chi connectivity index (χ1) is 6.18. The number of benzene rings is 1. The highest BCUT2D eigenvalue weighted by Gasteiger charge is 2.12. The Bertz CT molecular complexity index is 478. The number of aromatic nitrogens is 1. The van der Waals surface area contributed by atoms with Crippen LogP contribution in [-0.2, 0) is 0 Å². The van der Waals surface area contributed by atoms with Crippen LogP contribution in [0.2, 0.25) is 0 Å². The van der Waals surface area contributed by atoms with E-state index in [0.717, 1.165) is 9.09 Å². The molecule has 4 nitrogen and oxygen atoms in total. The van der Waals surface area contributed by atoms with Crippen molar-refractivity contribution in [1.82, 2.24) is 4.98 Å². The van der Waals surface area contributed by atoms with Crippen molar-refractivity contribution in [2.24, 2.45) is 0 Å². The van der Waals surface area contributed by atoms with Crippen molar-refractivity contribution in [3.8, 4) is 0 Å². The summed E-state index contributed by atoms with van der Waals surface area (Å²) in [6, 6.07) is 5.54. The first-order valence-electron chi connectivity index (χ1n) is 3.59. The summed E-state index contributed by atoms with van der Waals surface area (Å²) in [4.78, 5) is 13.0. The van der Waals surface area contributed by atoms with Gasteiger partial charge in [-0.15, -0.1) is 0 Å². The van der Waals surface area contributed by atoms with E-state index < -0.39 is 0 Å². The lowest BCUT2D eigenvalue weighted by atomic mass is 10.2. The summed E-state index contributed by atoms with van der Waals surface area (Å²) in [7, 11) is 0. The molecule has 0 fully saturated rings. The van der Waals surface area contributed by atoms with Gasteiger partial charge >= 0.3 is 0 Å². The maximum atomic E-state index is 10.6. The summed E-state index contributed by atoms with van der Waals surface area (Å²) >= 11 is 2.13. The Hall–Kier alpha value is -1.11. The fraction of sp³-hybridized carbons (Fsp3) is 0. The number of halogens is 1. The SMILES string of the molecule is O=[N+]([O-])c1c[nH]c2ccc(I)cc12. The highest BCUT2D eigenvalue weighted by atomic mass is 127. The van der Waals surface area contributed by atoms with Gasteiger partial charge < -0.3 is 4.98 Å². The number of nitrogens with zero attached hydrogens (tertiary/aromatic N) is 1. The molecule has 5 heteroatoms. The van der Waals surface area contributed by atoms with E-state index in [4.69, 9.17) is 0 Å². The van der Waals surface area contributed by atoms with E-state index in [1.54, 1.807) is 6.07 Å². The number of nitrogens with one attached hydrogen (secondary N) is 1. The maximum Gasteiger partial charge on any atom is 0.294 e. The summed E-state index contributed by atoms with van der Waals surface area (Å²) in [5.74, 6) is 0. The Morgan fingerprint density at radius 2 is 2.23 bits per heavy atom. The zero-order chi connectivity index (χ0) is 9.42. The second kappa shape index (κ2) is 2.99. The lowest BCUT2D eigenvalue weighted by Crippen LogP contribution is -1.84. The van der Waals surface area contributed by atoms with E-state index in [-0.39, 0.29) is 10.6 Å². The molecule has 0 atom stereocenters. The predicted octanol–water partition coefficient (Wildman–Crippen LogP) is 2.68. The van der Waals surface area contributed by atoms with Gasteiger partial charge in [-0.25, -0.2) is 0 Å². The first-order valence-corrected chi connectivity index (χ1v) is 4.67. The number of H-pyrrole nitrogens is 1. The topological polar surface area (TPSA) is 58.9 Å². The molecule has 2 aromatic rings. The summed E-state index contributed by atoms with van der Waals surface area (Å²) in [6.07, 6.45) is 1.42. The lowest BCUT2D eigenvalue weighted by molar-refractivity contribution is -0.383. The third kappa shape index (κ3) is 1.39. The highest BCUT2D eigenvalue weighted by molar-refractivity contribution is 14.1. The van der Waals surface area contributed by atoms with Gasteiger partial charge in [-0.2, -0.15) is 0 Å². The van der Waals surface area contributed by atoms with E-state index in [0.29, 0.717) is 5.39 Å². The van der Waals surface area contributed by atoms with Gasteiger partial charge in [-0.1, -0.05) is 0 Å². The van der Waals surface area contributed by atoms with Crippen LogP contribution in [0.5, 0.6) is 0 Å². The van der Waals surface area contributed by atoms with Gasteiger partial charge in [0, 0.05) is 3.57 Å².